The van der Waals surface area contributed by atoms with Crippen LogP contribution >= 0.6 is 0 Å². The van der Waals surface area contributed by atoms with E-state index in [1.165, 1.54) is 0 Å². The number of nitrogens with one attached hydrogen (secondary N) is 2. The van der Waals surface area contributed by atoms with Crippen LogP contribution in [0.25, 0.3) is 0 Å². The molecule has 0 spiro atoms. The van der Waals surface area contributed by atoms with Crippen LogP contribution in [0.15, 0.2) is 53.6 Å². The molecule has 0 saturated carbocycles. The zero-order valence-electron chi connectivity index (χ0n) is 16.3. The van der Waals surface area contributed by atoms with E-state index in [2.05, 4.69) is 15.8 Å². The van der Waals surface area contributed by atoms with Gasteiger partial charge in [-0.05, 0) is 56.7 Å². The molecule has 0 aliphatic carbocycles. The molecule has 0 fully saturated rings. The molecule has 2 rings (SSSR count). The van der Waals surface area contributed by atoms with Gasteiger partial charge in [-0.25, -0.2) is 5.43 Å². The van der Waals surface area contributed by atoms with Crippen LogP contribution in [0.5, 0.6) is 11.5 Å². The highest BCUT2D eigenvalue weighted by molar-refractivity contribution is 6.05. The predicted molar refractivity (Wildman–Crippen MR) is 109 cm³/mol. The normalized spacial score (nSPS) is 10.9. The standard InChI is InChI=1S/C21H25N3O4/c1-4-27-18-11-9-17(10-12-18)22-20(25)13-16(3)23-24-21(26)14-28-19-8-6-5-7-15(19)2/h5-12H,4,13-14H2,1-3H3,(H,22,25)(H,24,26). The fourth-order valence-electron chi connectivity index (χ4n) is 2.33. The van der Waals surface area contributed by atoms with E-state index in [1.807, 2.05) is 32.0 Å². The van der Waals surface area contributed by atoms with Gasteiger partial charge in [0.1, 0.15) is 11.5 Å². The zero-order valence-corrected chi connectivity index (χ0v) is 16.3. The van der Waals surface area contributed by atoms with Crippen LogP contribution < -0.4 is 20.2 Å². The lowest BCUT2D eigenvalue weighted by Gasteiger charge is -2.08. The maximum atomic E-state index is 12.1. The fourth-order valence-corrected chi connectivity index (χ4v) is 2.33. The Hall–Kier alpha value is -3.35. The first kappa shape index (κ1) is 21.0. The second-order valence-electron chi connectivity index (χ2n) is 6.12. The van der Waals surface area contributed by atoms with Gasteiger partial charge in [-0.1, -0.05) is 18.2 Å². The first-order valence-corrected chi connectivity index (χ1v) is 9.01. The van der Waals surface area contributed by atoms with Crippen LogP contribution in [0.3, 0.4) is 0 Å². The maximum absolute atomic E-state index is 12.1. The average Bonchev–Trinajstić information content (AvgIpc) is 2.67. The van der Waals surface area contributed by atoms with Crippen molar-refractivity contribution >= 4 is 23.2 Å². The molecule has 148 valence electrons. The molecule has 0 unspecified atom stereocenters. The molecule has 0 aliphatic heterocycles. The number of carbonyl (C=O) groups is 2. The minimum atomic E-state index is -0.394. The molecule has 2 aromatic carbocycles. The van der Waals surface area contributed by atoms with Gasteiger partial charge in [0, 0.05) is 11.4 Å². The molecule has 2 aromatic rings. The number of hydrogen-bond acceptors (Lipinski definition) is 5. The van der Waals surface area contributed by atoms with Crippen LogP contribution in [0, 0.1) is 6.92 Å². The summed E-state index contributed by atoms with van der Waals surface area (Å²) in [5, 5.41) is 6.71. The Morgan fingerprint density at radius 2 is 1.71 bits per heavy atom. The first-order valence-electron chi connectivity index (χ1n) is 9.01. The summed E-state index contributed by atoms with van der Waals surface area (Å²) in [5.74, 6) is 0.771. The van der Waals surface area contributed by atoms with Gasteiger partial charge >= 0.3 is 0 Å². The van der Waals surface area contributed by atoms with Crippen LogP contribution in [-0.2, 0) is 9.59 Å². The molecule has 2 N–H and O–H groups in total. The van der Waals surface area contributed by atoms with Crippen LogP contribution in [0.4, 0.5) is 5.69 Å². The Morgan fingerprint density at radius 1 is 1.00 bits per heavy atom. The Balaban J connectivity index is 1.75. The second-order valence-corrected chi connectivity index (χ2v) is 6.12. The third kappa shape index (κ3) is 7.11. The summed E-state index contributed by atoms with van der Waals surface area (Å²) in [6.07, 6.45) is 0.0616. The number of carbonyl (C=O) groups excluding carboxylic acids is 2. The topological polar surface area (TPSA) is 89.0 Å². The van der Waals surface area contributed by atoms with E-state index in [-0.39, 0.29) is 18.9 Å². The van der Waals surface area contributed by atoms with Crippen molar-refractivity contribution in [3.05, 3.63) is 54.1 Å². The molecule has 2 amide bonds. The Bertz CT molecular complexity index is 832. The summed E-state index contributed by atoms with van der Waals surface area (Å²) in [6, 6.07) is 14.5. The van der Waals surface area contributed by atoms with Gasteiger partial charge in [0.15, 0.2) is 6.61 Å². The minimum absolute atomic E-state index is 0.0616. The van der Waals surface area contributed by atoms with Crippen LogP contribution in [0.1, 0.15) is 25.8 Å². The molecule has 7 nitrogen and oxygen atoms in total. The van der Waals surface area contributed by atoms with Gasteiger partial charge in [0.25, 0.3) is 5.91 Å². The number of ether oxygens (including phenoxy) is 2. The van der Waals surface area contributed by atoms with E-state index in [9.17, 15) is 9.59 Å². The third-order valence-electron chi connectivity index (χ3n) is 3.69. The van der Waals surface area contributed by atoms with Crippen molar-refractivity contribution in [1.82, 2.24) is 5.43 Å². The molecule has 0 radical (unpaired) electrons. The minimum Gasteiger partial charge on any atom is -0.494 e. The number of rotatable bonds is 9. The van der Waals surface area contributed by atoms with E-state index in [4.69, 9.17) is 9.47 Å². The molecule has 7 heteroatoms. The highest BCUT2D eigenvalue weighted by Gasteiger charge is 2.07. The fraction of sp³-hybridized carbons (Fsp3) is 0.286. The molecule has 0 aliphatic rings. The summed E-state index contributed by atoms with van der Waals surface area (Å²) < 4.78 is 10.8. The molecule has 0 saturated heterocycles. The van der Waals surface area contributed by atoms with Crippen molar-refractivity contribution in [2.24, 2.45) is 5.10 Å². The first-order chi connectivity index (χ1) is 13.5. The number of hydrogen-bond donors (Lipinski definition) is 2. The number of nitrogens with zero attached hydrogens (tertiary/aromatic N) is 1. The quantitative estimate of drug-likeness (QED) is 0.514. The van der Waals surface area contributed by atoms with Crippen LogP contribution in [0.2, 0.25) is 0 Å². The molecule has 0 aromatic heterocycles. The van der Waals surface area contributed by atoms with Crippen molar-refractivity contribution in [2.75, 3.05) is 18.5 Å². The van der Waals surface area contributed by atoms with Crippen molar-refractivity contribution in [1.29, 1.82) is 0 Å². The Morgan fingerprint density at radius 3 is 2.39 bits per heavy atom. The van der Waals surface area contributed by atoms with Crippen LogP contribution in [-0.4, -0.2) is 30.7 Å². The van der Waals surface area contributed by atoms with Crippen molar-refractivity contribution < 1.29 is 19.1 Å². The van der Waals surface area contributed by atoms with Crippen molar-refractivity contribution in [2.45, 2.75) is 27.2 Å². The highest BCUT2D eigenvalue weighted by Crippen LogP contribution is 2.16. The Kier molecular flexibility index (Phi) is 8.02. The number of aryl methyl sites for hydroxylation is 1. The molecule has 0 heterocycles. The summed E-state index contributed by atoms with van der Waals surface area (Å²) in [6.45, 7) is 5.91. The third-order valence-corrected chi connectivity index (χ3v) is 3.69. The number of benzene rings is 2. The van der Waals surface area contributed by atoms with Crippen molar-refractivity contribution in [3.63, 3.8) is 0 Å². The van der Waals surface area contributed by atoms with Gasteiger partial charge < -0.3 is 14.8 Å². The number of anilines is 1. The monoisotopic (exact) mass is 383 g/mol. The van der Waals surface area contributed by atoms with Gasteiger partial charge in [0.2, 0.25) is 5.91 Å². The summed E-state index contributed by atoms with van der Waals surface area (Å²) >= 11 is 0. The highest BCUT2D eigenvalue weighted by atomic mass is 16.5. The Labute approximate surface area is 164 Å². The average molecular weight is 383 g/mol. The van der Waals surface area contributed by atoms with E-state index < -0.39 is 5.91 Å². The van der Waals surface area contributed by atoms with E-state index in [1.54, 1.807) is 37.3 Å². The lowest BCUT2D eigenvalue weighted by molar-refractivity contribution is -0.123. The number of para-hydroxylation sites is 1. The summed E-state index contributed by atoms with van der Waals surface area (Å²) in [7, 11) is 0. The van der Waals surface area contributed by atoms with Gasteiger partial charge in [0.05, 0.1) is 13.0 Å². The van der Waals surface area contributed by atoms with Gasteiger partial charge in [-0.2, -0.15) is 5.10 Å². The molecule has 0 bridgehead atoms. The largest absolute Gasteiger partial charge is 0.494 e. The van der Waals surface area contributed by atoms with E-state index in [0.29, 0.717) is 23.8 Å². The SMILES string of the molecule is CCOc1ccc(NC(=O)CC(C)=NNC(=O)COc2ccccc2C)cc1. The lowest BCUT2D eigenvalue weighted by Crippen LogP contribution is -2.26. The van der Waals surface area contributed by atoms with E-state index in [0.717, 1.165) is 11.3 Å². The lowest BCUT2D eigenvalue weighted by atomic mass is 10.2. The van der Waals surface area contributed by atoms with Crippen molar-refractivity contribution in [3.8, 4) is 11.5 Å². The molecular formula is C21H25N3O4. The predicted octanol–water partition coefficient (Wildman–Crippen LogP) is 3.29. The summed E-state index contributed by atoms with van der Waals surface area (Å²) in [5.41, 5.74) is 4.48. The molecular weight excluding hydrogens is 358 g/mol. The summed E-state index contributed by atoms with van der Waals surface area (Å²) in [4.78, 5) is 23.9. The smallest absolute Gasteiger partial charge is 0.277 e. The number of amides is 2. The van der Waals surface area contributed by atoms with Gasteiger partial charge in [-0.3, -0.25) is 9.59 Å². The molecule has 0 atom stereocenters. The maximum Gasteiger partial charge on any atom is 0.277 e. The van der Waals surface area contributed by atoms with Gasteiger partial charge in [-0.15, -0.1) is 0 Å². The second kappa shape index (κ2) is 10.7. The number of hydrazone groups is 1. The zero-order chi connectivity index (χ0) is 20.4. The molecule has 28 heavy (non-hydrogen) atoms. The van der Waals surface area contributed by atoms with E-state index >= 15 is 0 Å².